The molecule has 0 aromatic heterocycles. The third kappa shape index (κ3) is 2.13. The average molecular weight is 354 g/mol. The zero-order chi connectivity index (χ0) is 14.9. The number of alkyl halides is 1. The van der Waals surface area contributed by atoms with E-state index in [2.05, 4.69) is 34.7 Å². The Morgan fingerprint density at radius 3 is 2.38 bits per heavy atom. The van der Waals surface area contributed by atoms with Crippen molar-refractivity contribution >= 4 is 21.8 Å². The van der Waals surface area contributed by atoms with Crippen molar-refractivity contribution in [1.82, 2.24) is 4.90 Å². The smallest absolute Gasteiger partial charge is 0.229 e. The minimum atomic E-state index is -0.00627. The highest BCUT2D eigenvalue weighted by atomic mass is 79.9. The molecule has 1 saturated heterocycles. The van der Waals surface area contributed by atoms with Crippen LogP contribution in [0.4, 0.5) is 0 Å². The second kappa shape index (κ2) is 4.49. The van der Waals surface area contributed by atoms with Gasteiger partial charge in [-0.15, -0.1) is 0 Å². The molecule has 4 aliphatic carbocycles. The standard InChI is InChI=1S/C18H28BrNO/c1-16-6-13-7-17(2,10-16)12-18(8-13,11-16)15(21)20-5-3-4-14(20)9-19/h13-14H,3-12H2,1-2H3. The number of nitrogens with zero attached hydrogens (tertiary/aromatic N) is 1. The molecule has 118 valence electrons. The number of amides is 1. The summed E-state index contributed by atoms with van der Waals surface area (Å²) in [4.78, 5) is 15.7. The first kappa shape index (κ1) is 14.5. The number of rotatable bonds is 2. The predicted molar refractivity (Wildman–Crippen MR) is 88.4 cm³/mol. The molecular formula is C18H28BrNO. The molecule has 4 saturated carbocycles. The fraction of sp³-hybridized carbons (Fsp3) is 0.944. The monoisotopic (exact) mass is 353 g/mol. The summed E-state index contributed by atoms with van der Waals surface area (Å²) in [6.45, 7) is 5.92. The van der Waals surface area contributed by atoms with Crippen LogP contribution in [0.1, 0.15) is 65.2 Å². The van der Waals surface area contributed by atoms with Crippen LogP contribution < -0.4 is 0 Å². The molecule has 0 radical (unpaired) electrons. The van der Waals surface area contributed by atoms with Gasteiger partial charge in [-0.05, 0) is 68.1 Å². The summed E-state index contributed by atoms with van der Waals surface area (Å²) in [6, 6.07) is 0.450. The van der Waals surface area contributed by atoms with Gasteiger partial charge in [-0.3, -0.25) is 4.79 Å². The number of carbonyl (C=O) groups excluding carboxylic acids is 1. The lowest BCUT2D eigenvalue weighted by atomic mass is 9.40. The van der Waals surface area contributed by atoms with E-state index in [1.54, 1.807) is 0 Å². The summed E-state index contributed by atoms with van der Waals surface area (Å²) < 4.78 is 0. The van der Waals surface area contributed by atoms with Crippen molar-refractivity contribution in [2.45, 2.75) is 71.3 Å². The SMILES string of the molecule is CC12CC3CC(C)(C1)CC(C(=O)N1CCCC1CBr)(C3)C2. The lowest BCUT2D eigenvalue weighted by Gasteiger charge is -2.65. The maximum Gasteiger partial charge on any atom is 0.229 e. The molecule has 3 unspecified atom stereocenters. The van der Waals surface area contributed by atoms with Gasteiger partial charge in [0.2, 0.25) is 5.91 Å². The molecule has 0 aromatic carbocycles. The highest BCUT2D eigenvalue weighted by Gasteiger charge is 2.63. The van der Waals surface area contributed by atoms with Crippen LogP contribution in [0.3, 0.4) is 0 Å². The molecule has 5 rings (SSSR count). The normalized spacial score (nSPS) is 51.7. The Hall–Kier alpha value is -0.0500. The van der Waals surface area contributed by atoms with Crippen molar-refractivity contribution in [2.75, 3.05) is 11.9 Å². The molecule has 1 aliphatic heterocycles. The molecule has 5 fully saturated rings. The first-order valence-electron chi connectivity index (χ1n) is 8.74. The van der Waals surface area contributed by atoms with Crippen LogP contribution in [0.25, 0.3) is 0 Å². The van der Waals surface area contributed by atoms with Crippen molar-refractivity contribution in [3.63, 3.8) is 0 Å². The summed E-state index contributed by atoms with van der Waals surface area (Å²) in [5, 5.41) is 0.951. The average Bonchev–Trinajstić information content (AvgIpc) is 2.81. The lowest BCUT2D eigenvalue weighted by Crippen LogP contribution is -2.60. The Morgan fingerprint density at radius 2 is 1.81 bits per heavy atom. The van der Waals surface area contributed by atoms with E-state index < -0.39 is 0 Å². The summed E-state index contributed by atoms with van der Waals surface area (Å²) in [5.74, 6) is 1.33. The van der Waals surface area contributed by atoms with Gasteiger partial charge in [0.15, 0.2) is 0 Å². The van der Waals surface area contributed by atoms with Gasteiger partial charge in [-0.2, -0.15) is 0 Å². The maximum absolute atomic E-state index is 13.5. The zero-order valence-electron chi connectivity index (χ0n) is 13.5. The van der Waals surface area contributed by atoms with Crippen molar-refractivity contribution < 1.29 is 4.79 Å². The molecule has 5 aliphatic rings. The Balaban J connectivity index is 1.66. The van der Waals surface area contributed by atoms with Gasteiger partial charge in [0.25, 0.3) is 0 Å². The van der Waals surface area contributed by atoms with Crippen molar-refractivity contribution in [3.05, 3.63) is 0 Å². The third-order valence-electron chi connectivity index (χ3n) is 6.90. The molecule has 21 heavy (non-hydrogen) atoms. The van der Waals surface area contributed by atoms with E-state index >= 15 is 0 Å². The summed E-state index contributed by atoms with van der Waals surface area (Å²) in [5.41, 5.74) is 0.870. The van der Waals surface area contributed by atoms with Gasteiger partial charge in [-0.1, -0.05) is 29.8 Å². The summed E-state index contributed by atoms with van der Waals surface area (Å²) in [6.07, 6.45) is 9.99. The van der Waals surface area contributed by atoms with Gasteiger partial charge in [0.1, 0.15) is 0 Å². The van der Waals surface area contributed by atoms with Crippen LogP contribution >= 0.6 is 15.9 Å². The van der Waals surface area contributed by atoms with E-state index in [-0.39, 0.29) is 5.41 Å². The van der Waals surface area contributed by atoms with Crippen LogP contribution in [0, 0.1) is 22.2 Å². The highest BCUT2D eigenvalue weighted by Crippen LogP contribution is 2.70. The van der Waals surface area contributed by atoms with E-state index in [0.717, 1.165) is 30.6 Å². The van der Waals surface area contributed by atoms with Crippen molar-refractivity contribution in [2.24, 2.45) is 22.2 Å². The highest BCUT2D eigenvalue weighted by molar-refractivity contribution is 9.09. The second-order valence-corrected chi connectivity index (χ2v) is 10.0. The molecule has 3 atom stereocenters. The number of halogens is 1. The Morgan fingerprint density at radius 1 is 1.14 bits per heavy atom. The topological polar surface area (TPSA) is 20.3 Å². The molecular weight excluding hydrogens is 326 g/mol. The summed E-state index contributed by atoms with van der Waals surface area (Å²) >= 11 is 3.62. The minimum absolute atomic E-state index is 0.00627. The fourth-order valence-corrected chi connectivity index (χ4v) is 7.93. The molecule has 1 heterocycles. The van der Waals surface area contributed by atoms with E-state index in [1.165, 1.54) is 38.5 Å². The Bertz CT molecular complexity index is 458. The molecule has 3 heteroatoms. The quantitative estimate of drug-likeness (QED) is 0.675. The number of carbonyl (C=O) groups is 1. The van der Waals surface area contributed by atoms with Crippen LogP contribution in [0.15, 0.2) is 0 Å². The predicted octanol–water partition coefficient (Wildman–Crippen LogP) is 4.37. The van der Waals surface area contributed by atoms with Crippen LogP contribution in [-0.2, 0) is 4.79 Å². The Labute approximate surface area is 137 Å². The van der Waals surface area contributed by atoms with E-state index in [1.807, 2.05) is 0 Å². The van der Waals surface area contributed by atoms with Crippen molar-refractivity contribution in [3.8, 4) is 0 Å². The van der Waals surface area contributed by atoms with Crippen LogP contribution in [-0.4, -0.2) is 28.7 Å². The van der Waals surface area contributed by atoms with Crippen molar-refractivity contribution in [1.29, 1.82) is 0 Å². The second-order valence-electron chi connectivity index (χ2n) is 9.36. The number of hydrogen-bond donors (Lipinski definition) is 0. The molecule has 1 amide bonds. The van der Waals surface area contributed by atoms with E-state index in [4.69, 9.17) is 0 Å². The van der Waals surface area contributed by atoms with Gasteiger partial charge >= 0.3 is 0 Å². The number of likely N-dealkylation sites (tertiary alicyclic amines) is 1. The molecule has 0 N–H and O–H groups in total. The molecule has 0 aromatic rings. The lowest BCUT2D eigenvalue weighted by molar-refractivity contribution is -0.179. The van der Waals surface area contributed by atoms with E-state index in [9.17, 15) is 4.79 Å². The largest absolute Gasteiger partial charge is 0.338 e. The van der Waals surface area contributed by atoms with E-state index in [0.29, 0.717) is 22.8 Å². The van der Waals surface area contributed by atoms with Crippen LogP contribution in [0.2, 0.25) is 0 Å². The first-order chi connectivity index (χ1) is 9.87. The molecule has 0 spiro atoms. The maximum atomic E-state index is 13.5. The third-order valence-corrected chi connectivity index (χ3v) is 7.64. The van der Waals surface area contributed by atoms with Gasteiger partial charge in [0.05, 0.1) is 5.41 Å². The van der Waals surface area contributed by atoms with Crippen LogP contribution in [0.5, 0.6) is 0 Å². The first-order valence-corrected chi connectivity index (χ1v) is 9.86. The zero-order valence-corrected chi connectivity index (χ0v) is 15.0. The fourth-order valence-electron chi connectivity index (χ4n) is 7.25. The molecule has 4 bridgehead atoms. The number of hydrogen-bond acceptors (Lipinski definition) is 1. The van der Waals surface area contributed by atoms with Gasteiger partial charge in [-0.25, -0.2) is 0 Å². The molecule has 2 nitrogen and oxygen atoms in total. The van der Waals surface area contributed by atoms with Gasteiger partial charge < -0.3 is 4.90 Å². The Kier molecular flexibility index (Phi) is 3.11. The van der Waals surface area contributed by atoms with Gasteiger partial charge in [0, 0.05) is 17.9 Å². The minimum Gasteiger partial charge on any atom is -0.338 e. The summed E-state index contributed by atoms with van der Waals surface area (Å²) in [7, 11) is 0.